The van der Waals surface area contributed by atoms with Crippen molar-refractivity contribution < 1.29 is 30.2 Å². The quantitative estimate of drug-likeness (QED) is 0.273. The molecule has 5 nitrogen and oxygen atoms in total. The molecule has 33 heavy (non-hydrogen) atoms. The largest absolute Gasteiger partial charge is 0.420 e. The van der Waals surface area contributed by atoms with Gasteiger partial charge < -0.3 is 0 Å². The molecule has 0 radical (unpaired) electrons. The van der Waals surface area contributed by atoms with Gasteiger partial charge in [-0.2, -0.15) is 26.7 Å². The van der Waals surface area contributed by atoms with Crippen molar-refractivity contribution in [1.29, 1.82) is 0 Å². The highest BCUT2D eigenvalue weighted by Gasteiger charge is 2.45. The van der Waals surface area contributed by atoms with Crippen LogP contribution in [0.15, 0.2) is 71.6 Å². The maximum Gasteiger partial charge on any atom is 0.420 e. The van der Waals surface area contributed by atoms with Crippen molar-refractivity contribution in [2.24, 2.45) is 7.05 Å². The molecular weight excluding hydrogens is 460 g/mol. The smallest absolute Gasteiger partial charge is 0.267 e. The van der Waals surface area contributed by atoms with Crippen molar-refractivity contribution >= 4 is 21.0 Å². The minimum atomic E-state index is -5.00. The molecule has 3 aromatic carbocycles. The van der Waals surface area contributed by atoms with Crippen molar-refractivity contribution in [2.75, 3.05) is 0 Å². The van der Waals surface area contributed by atoms with Gasteiger partial charge in [-0.25, -0.2) is 8.57 Å². The summed E-state index contributed by atoms with van der Waals surface area (Å²) < 4.78 is 86.4. The maximum atomic E-state index is 13.9. The summed E-state index contributed by atoms with van der Waals surface area (Å²) >= 11 is 0. The number of benzene rings is 3. The third-order valence-corrected chi connectivity index (χ3v) is 6.40. The lowest BCUT2D eigenvalue weighted by Gasteiger charge is -2.21. The summed E-state index contributed by atoms with van der Waals surface area (Å²) in [7, 11) is -3.17. The fourth-order valence-corrected chi connectivity index (χ4v) is 4.53. The topological polar surface area (TPSA) is 61.2 Å². The first kappa shape index (κ1) is 22.9. The third kappa shape index (κ3) is 4.62. The monoisotopic (exact) mass is 478 g/mol. The number of aromatic nitrogens is 2. The molecule has 1 unspecified atom stereocenters. The molecule has 1 atom stereocenters. The number of hydrogen-bond acceptors (Lipinski definition) is 4. The van der Waals surface area contributed by atoms with Crippen LogP contribution in [0.25, 0.3) is 22.2 Å². The predicted octanol–water partition coefficient (Wildman–Crippen LogP) is 5.70. The molecule has 0 saturated heterocycles. The molecule has 0 aliphatic carbocycles. The van der Waals surface area contributed by atoms with E-state index in [-0.39, 0.29) is 4.90 Å². The SMILES string of the molecule is Cc1ccc(S(=O)(=O)OC(c2ccc3c(-c4cccc(F)c4)nn(C)c3c2)C(F)(F)F)cc1. The van der Waals surface area contributed by atoms with Gasteiger partial charge in [-0.3, -0.25) is 4.68 Å². The Hall–Kier alpha value is -3.24. The fourth-order valence-electron chi connectivity index (χ4n) is 3.47. The van der Waals surface area contributed by atoms with Crippen LogP contribution >= 0.6 is 0 Å². The molecule has 172 valence electrons. The van der Waals surface area contributed by atoms with E-state index in [1.807, 2.05) is 0 Å². The van der Waals surface area contributed by atoms with Crippen LogP contribution in [0.2, 0.25) is 0 Å². The number of alkyl halides is 3. The van der Waals surface area contributed by atoms with Crippen molar-refractivity contribution in [1.82, 2.24) is 9.78 Å². The van der Waals surface area contributed by atoms with Crippen LogP contribution in [0.1, 0.15) is 17.2 Å². The number of aryl methyl sites for hydroxylation is 2. The van der Waals surface area contributed by atoms with Crippen LogP contribution in [0.4, 0.5) is 17.6 Å². The van der Waals surface area contributed by atoms with E-state index in [0.717, 1.165) is 11.6 Å². The first-order valence-electron chi connectivity index (χ1n) is 9.75. The van der Waals surface area contributed by atoms with Gasteiger partial charge in [0.15, 0.2) is 6.10 Å². The van der Waals surface area contributed by atoms with Crippen LogP contribution in [-0.2, 0) is 21.3 Å². The van der Waals surface area contributed by atoms with Crippen molar-refractivity contribution in [3.05, 3.63) is 83.7 Å². The minimum Gasteiger partial charge on any atom is -0.267 e. The second-order valence-electron chi connectivity index (χ2n) is 7.54. The second kappa shape index (κ2) is 8.27. The molecule has 0 fully saturated rings. The molecule has 4 rings (SSSR count). The van der Waals surface area contributed by atoms with Crippen molar-refractivity contribution in [2.45, 2.75) is 24.1 Å². The average Bonchev–Trinajstić information content (AvgIpc) is 3.08. The number of halogens is 4. The summed E-state index contributed by atoms with van der Waals surface area (Å²) in [5.41, 5.74) is 1.49. The molecule has 0 N–H and O–H groups in total. The summed E-state index contributed by atoms with van der Waals surface area (Å²) in [6, 6.07) is 14.7. The third-order valence-electron chi connectivity index (χ3n) is 5.11. The summed E-state index contributed by atoms with van der Waals surface area (Å²) in [4.78, 5) is -0.377. The Morgan fingerprint density at radius 3 is 2.33 bits per heavy atom. The second-order valence-corrected chi connectivity index (χ2v) is 9.12. The molecule has 4 aromatic rings. The Morgan fingerprint density at radius 2 is 1.70 bits per heavy atom. The van der Waals surface area contributed by atoms with Gasteiger partial charge in [-0.15, -0.1) is 0 Å². The van der Waals surface area contributed by atoms with Crippen LogP contribution < -0.4 is 0 Å². The molecule has 1 aromatic heterocycles. The molecule has 0 amide bonds. The molecular formula is C23H18F4N2O3S. The average molecular weight is 478 g/mol. The van der Waals surface area contributed by atoms with Gasteiger partial charge in [-0.05, 0) is 42.8 Å². The number of nitrogens with zero attached hydrogens (tertiary/aromatic N) is 2. The fraction of sp³-hybridized carbons (Fsp3) is 0.174. The summed E-state index contributed by atoms with van der Waals surface area (Å²) in [5.74, 6) is -0.477. The highest BCUT2D eigenvalue weighted by molar-refractivity contribution is 7.86. The predicted molar refractivity (Wildman–Crippen MR) is 114 cm³/mol. The molecule has 1 heterocycles. The van der Waals surface area contributed by atoms with Gasteiger partial charge in [0.1, 0.15) is 11.5 Å². The number of rotatable bonds is 5. The molecule has 0 bridgehead atoms. The van der Waals surface area contributed by atoms with E-state index in [4.69, 9.17) is 0 Å². The minimum absolute atomic E-state index is 0.303. The highest BCUT2D eigenvalue weighted by Crippen LogP contribution is 2.40. The normalized spacial score (nSPS) is 13.4. The van der Waals surface area contributed by atoms with Gasteiger partial charge in [-0.1, -0.05) is 42.0 Å². The van der Waals surface area contributed by atoms with Crippen LogP contribution in [0.3, 0.4) is 0 Å². The number of hydrogen-bond donors (Lipinski definition) is 0. The molecule has 10 heteroatoms. The Kier molecular flexibility index (Phi) is 5.75. The van der Waals surface area contributed by atoms with Gasteiger partial charge in [0, 0.05) is 18.0 Å². The van der Waals surface area contributed by atoms with Gasteiger partial charge in [0.05, 0.1) is 10.4 Å². The van der Waals surface area contributed by atoms with E-state index in [1.54, 1.807) is 13.0 Å². The van der Waals surface area contributed by atoms with Gasteiger partial charge >= 0.3 is 6.18 Å². The molecule has 0 spiro atoms. The Labute approximate surface area is 187 Å². The van der Waals surface area contributed by atoms with Gasteiger partial charge in [0.2, 0.25) is 0 Å². The lowest BCUT2D eigenvalue weighted by molar-refractivity contribution is -0.196. The Morgan fingerprint density at radius 1 is 1.00 bits per heavy atom. The van der Waals surface area contributed by atoms with E-state index in [1.165, 1.54) is 66.3 Å². The standard InChI is InChI=1S/C23H18F4N2O3S/c1-14-6-9-18(10-7-14)33(30,31)32-22(23(25,26)27)16-8-11-19-20(13-16)29(2)28-21(19)15-4-3-5-17(24)12-15/h3-13,22H,1-2H3. The van der Waals surface area contributed by atoms with E-state index in [9.17, 15) is 26.0 Å². The van der Waals surface area contributed by atoms with Crippen molar-refractivity contribution in [3.63, 3.8) is 0 Å². The lowest BCUT2D eigenvalue weighted by Crippen LogP contribution is -2.26. The highest BCUT2D eigenvalue weighted by atomic mass is 32.2. The summed E-state index contributed by atoms with van der Waals surface area (Å²) in [5, 5.41) is 4.78. The summed E-state index contributed by atoms with van der Waals surface area (Å²) in [6.45, 7) is 1.72. The van der Waals surface area contributed by atoms with E-state index < -0.39 is 33.8 Å². The zero-order chi connectivity index (χ0) is 24.0. The maximum absolute atomic E-state index is 13.9. The van der Waals surface area contributed by atoms with Crippen molar-refractivity contribution in [3.8, 4) is 11.3 Å². The first-order chi connectivity index (χ1) is 15.5. The molecule has 0 saturated carbocycles. The van der Waals surface area contributed by atoms with Crippen LogP contribution in [0.5, 0.6) is 0 Å². The van der Waals surface area contributed by atoms with Crippen LogP contribution in [-0.4, -0.2) is 24.4 Å². The lowest BCUT2D eigenvalue weighted by atomic mass is 10.0. The van der Waals surface area contributed by atoms with Gasteiger partial charge in [0.25, 0.3) is 10.1 Å². The van der Waals surface area contributed by atoms with E-state index in [2.05, 4.69) is 9.28 Å². The zero-order valence-corrected chi connectivity index (χ0v) is 18.3. The molecule has 0 aliphatic rings. The summed E-state index contributed by atoms with van der Waals surface area (Å²) in [6.07, 6.45) is -7.73. The molecule has 0 aliphatic heterocycles. The first-order valence-corrected chi connectivity index (χ1v) is 11.2. The Balaban J connectivity index is 1.77. The zero-order valence-electron chi connectivity index (χ0n) is 17.5. The van der Waals surface area contributed by atoms with E-state index >= 15 is 0 Å². The number of fused-ring (bicyclic) bond motifs is 1. The van der Waals surface area contributed by atoms with Crippen LogP contribution in [0, 0.1) is 12.7 Å². The Bertz CT molecular complexity index is 1430. The van der Waals surface area contributed by atoms with E-state index in [0.29, 0.717) is 22.2 Å².